The van der Waals surface area contributed by atoms with Gasteiger partial charge in [-0.15, -0.1) is 0 Å². The number of phenolic OH excluding ortho intramolecular Hbond substituents is 2. The van der Waals surface area contributed by atoms with Gasteiger partial charge in [0, 0.05) is 12.2 Å². The van der Waals surface area contributed by atoms with Gasteiger partial charge in [-0.2, -0.15) is 0 Å². The van der Waals surface area contributed by atoms with Crippen molar-refractivity contribution in [1.29, 1.82) is 0 Å². The number of benzene rings is 4. The molecule has 4 heteroatoms. The zero-order valence-corrected chi connectivity index (χ0v) is 16.6. The first-order chi connectivity index (χ1) is 14.6. The molecule has 0 bridgehead atoms. The Labute approximate surface area is 175 Å². The minimum Gasteiger partial charge on any atom is -0.508 e. The van der Waals surface area contributed by atoms with Crippen molar-refractivity contribution in [2.75, 3.05) is 6.61 Å². The number of carbonyl (C=O) groups is 1. The maximum Gasteiger partial charge on any atom is 0.153 e. The van der Waals surface area contributed by atoms with E-state index in [1.807, 2.05) is 49.4 Å². The van der Waals surface area contributed by atoms with Crippen molar-refractivity contribution in [3.8, 4) is 33.8 Å². The Hall–Kier alpha value is -3.63. The average molecular weight is 398 g/mol. The lowest BCUT2D eigenvalue weighted by atomic mass is 9.92. The van der Waals surface area contributed by atoms with E-state index in [9.17, 15) is 15.0 Å². The van der Waals surface area contributed by atoms with Gasteiger partial charge < -0.3 is 14.9 Å². The molecule has 0 aliphatic rings. The fraction of sp³-hybridized carbons (Fsp3) is 0.115. The lowest BCUT2D eigenvalue weighted by Gasteiger charge is -2.13. The predicted octanol–water partition coefficient (Wildman–Crippen LogP) is 5.93. The molecular formula is C26H22O4. The molecule has 0 atom stereocenters. The zero-order chi connectivity index (χ0) is 21.1. The molecule has 30 heavy (non-hydrogen) atoms. The summed E-state index contributed by atoms with van der Waals surface area (Å²) in [7, 11) is 0. The minimum absolute atomic E-state index is 0.0272. The van der Waals surface area contributed by atoms with Gasteiger partial charge in [-0.05, 0) is 64.2 Å². The molecule has 0 aromatic heterocycles. The van der Waals surface area contributed by atoms with Crippen LogP contribution < -0.4 is 0 Å². The maximum absolute atomic E-state index is 11.3. The lowest BCUT2D eigenvalue weighted by Crippen LogP contribution is -1.93. The van der Waals surface area contributed by atoms with Crippen molar-refractivity contribution in [3.63, 3.8) is 0 Å². The van der Waals surface area contributed by atoms with E-state index in [1.54, 1.807) is 18.2 Å². The summed E-state index contributed by atoms with van der Waals surface area (Å²) in [6.07, 6.45) is 0.658. The van der Waals surface area contributed by atoms with Gasteiger partial charge in [0.25, 0.3) is 0 Å². The molecule has 0 saturated heterocycles. The van der Waals surface area contributed by atoms with E-state index >= 15 is 0 Å². The third-order valence-electron chi connectivity index (χ3n) is 5.24. The molecule has 2 N–H and O–H groups in total. The SMILES string of the molecule is CCOCc1cc(-c2cccc3c(-c4ccc(O)c(C=O)c4)cccc23)ccc1O. The summed E-state index contributed by atoms with van der Waals surface area (Å²) in [5.41, 5.74) is 4.88. The number of carbonyl (C=O) groups excluding carboxylic acids is 1. The third-order valence-corrected chi connectivity index (χ3v) is 5.24. The number of aromatic hydroxyl groups is 2. The Bertz CT molecular complexity index is 1230. The normalized spacial score (nSPS) is 11.0. The third kappa shape index (κ3) is 3.65. The van der Waals surface area contributed by atoms with Crippen LogP contribution in [0, 0.1) is 0 Å². The van der Waals surface area contributed by atoms with Crippen molar-refractivity contribution in [3.05, 3.63) is 83.9 Å². The van der Waals surface area contributed by atoms with Crippen LogP contribution in [0.15, 0.2) is 72.8 Å². The Morgan fingerprint density at radius 3 is 2.00 bits per heavy atom. The van der Waals surface area contributed by atoms with Gasteiger partial charge in [0.2, 0.25) is 0 Å². The number of aldehydes is 1. The monoisotopic (exact) mass is 398 g/mol. The molecule has 0 radical (unpaired) electrons. The van der Waals surface area contributed by atoms with Crippen LogP contribution >= 0.6 is 0 Å². The first-order valence-corrected chi connectivity index (χ1v) is 9.82. The predicted molar refractivity (Wildman–Crippen MR) is 119 cm³/mol. The molecule has 0 heterocycles. The number of fused-ring (bicyclic) bond motifs is 1. The van der Waals surface area contributed by atoms with Crippen LogP contribution in [-0.4, -0.2) is 23.1 Å². The van der Waals surface area contributed by atoms with Gasteiger partial charge in [0.1, 0.15) is 11.5 Å². The van der Waals surface area contributed by atoms with Crippen LogP contribution in [0.2, 0.25) is 0 Å². The molecule has 4 nitrogen and oxygen atoms in total. The van der Waals surface area contributed by atoms with E-state index in [1.165, 1.54) is 0 Å². The smallest absolute Gasteiger partial charge is 0.153 e. The Morgan fingerprint density at radius 1 is 0.800 bits per heavy atom. The Balaban J connectivity index is 1.87. The van der Waals surface area contributed by atoms with E-state index in [0.29, 0.717) is 19.5 Å². The van der Waals surface area contributed by atoms with Crippen molar-refractivity contribution in [2.45, 2.75) is 13.5 Å². The standard InChI is InChI=1S/C26H22O4/c1-2-30-16-20-14-18(10-12-26(20)29)22-6-4-7-23-21(5-3-8-24(22)23)17-9-11-25(28)19(13-17)15-27/h3-15,28-29H,2,16H2,1H3. The van der Waals surface area contributed by atoms with E-state index in [-0.39, 0.29) is 17.1 Å². The molecular weight excluding hydrogens is 376 g/mol. The topological polar surface area (TPSA) is 66.8 Å². The summed E-state index contributed by atoms with van der Waals surface area (Å²) in [6, 6.07) is 22.7. The summed E-state index contributed by atoms with van der Waals surface area (Å²) < 4.78 is 5.48. The minimum atomic E-state index is -0.0272. The summed E-state index contributed by atoms with van der Waals surface area (Å²) in [5.74, 6) is 0.194. The van der Waals surface area contributed by atoms with Gasteiger partial charge in [-0.1, -0.05) is 48.5 Å². The lowest BCUT2D eigenvalue weighted by molar-refractivity contribution is 0.112. The molecule has 4 rings (SSSR count). The van der Waals surface area contributed by atoms with Gasteiger partial charge in [-0.3, -0.25) is 4.79 Å². The highest BCUT2D eigenvalue weighted by Gasteiger charge is 2.12. The van der Waals surface area contributed by atoms with Crippen LogP contribution in [0.5, 0.6) is 11.5 Å². The Morgan fingerprint density at radius 2 is 1.40 bits per heavy atom. The molecule has 0 saturated carbocycles. The van der Waals surface area contributed by atoms with Gasteiger partial charge in [0.05, 0.1) is 12.2 Å². The molecule has 0 aliphatic heterocycles. The molecule has 0 amide bonds. The first-order valence-electron chi connectivity index (χ1n) is 9.82. The highest BCUT2D eigenvalue weighted by Crippen LogP contribution is 2.37. The van der Waals surface area contributed by atoms with E-state index < -0.39 is 0 Å². The molecule has 0 fully saturated rings. The molecule has 0 unspecified atom stereocenters. The summed E-state index contributed by atoms with van der Waals surface area (Å²) >= 11 is 0. The van der Waals surface area contributed by atoms with Crippen molar-refractivity contribution >= 4 is 17.1 Å². The molecule has 0 spiro atoms. The fourth-order valence-electron chi connectivity index (χ4n) is 3.71. The van der Waals surface area contributed by atoms with Crippen molar-refractivity contribution in [2.24, 2.45) is 0 Å². The van der Waals surface area contributed by atoms with Crippen LogP contribution in [-0.2, 0) is 11.3 Å². The summed E-state index contributed by atoms with van der Waals surface area (Å²) in [4.78, 5) is 11.3. The van der Waals surface area contributed by atoms with E-state index in [4.69, 9.17) is 4.74 Å². The van der Waals surface area contributed by atoms with Crippen LogP contribution in [0.4, 0.5) is 0 Å². The molecule has 4 aromatic rings. The highest BCUT2D eigenvalue weighted by molar-refractivity contribution is 6.04. The Kier molecular flexibility index (Phi) is 5.50. The second-order valence-corrected chi connectivity index (χ2v) is 7.08. The molecule has 4 aromatic carbocycles. The second kappa shape index (κ2) is 8.39. The number of hydrogen-bond acceptors (Lipinski definition) is 4. The largest absolute Gasteiger partial charge is 0.508 e. The number of ether oxygens (including phenoxy) is 1. The van der Waals surface area contributed by atoms with Gasteiger partial charge in [-0.25, -0.2) is 0 Å². The van der Waals surface area contributed by atoms with Crippen LogP contribution in [0.1, 0.15) is 22.8 Å². The summed E-state index contributed by atoms with van der Waals surface area (Å²) in [5, 5.41) is 22.1. The maximum atomic E-state index is 11.3. The quantitative estimate of drug-likeness (QED) is 0.395. The zero-order valence-electron chi connectivity index (χ0n) is 16.6. The van der Waals surface area contributed by atoms with Gasteiger partial charge in [0.15, 0.2) is 6.29 Å². The number of rotatable bonds is 6. The van der Waals surface area contributed by atoms with Crippen molar-refractivity contribution in [1.82, 2.24) is 0 Å². The summed E-state index contributed by atoms with van der Waals surface area (Å²) in [6.45, 7) is 2.86. The average Bonchev–Trinajstić information content (AvgIpc) is 2.78. The van der Waals surface area contributed by atoms with E-state index in [0.717, 1.165) is 38.6 Å². The fourth-order valence-corrected chi connectivity index (χ4v) is 3.71. The highest BCUT2D eigenvalue weighted by atomic mass is 16.5. The van der Waals surface area contributed by atoms with Crippen LogP contribution in [0.25, 0.3) is 33.0 Å². The number of phenols is 2. The first kappa shape index (κ1) is 19.7. The van der Waals surface area contributed by atoms with Gasteiger partial charge >= 0.3 is 0 Å². The van der Waals surface area contributed by atoms with E-state index in [2.05, 4.69) is 12.1 Å². The van der Waals surface area contributed by atoms with Crippen molar-refractivity contribution < 1.29 is 19.7 Å². The second-order valence-electron chi connectivity index (χ2n) is 7.08. The number of hydrogen-bond donors (Lipinski definition) is 2. The van der Waals surface area contributed by atoms with Crippen LogP contribution in [0.3, 0.4) is 0 Å². The molecule has 150 valence electrons. The molecule has 0 aliphatic carbocycles.